The summed E-state index contributed by atoms with van der Waals surface area (Å²) in [6.45, 7) is 3.93. The Bertz CT molecular complexity index is 1030. The van der Waals surface area contributed by atoms with Crippen molar-refractivity contribution < 1.29 is 23.5 Å². The first-order valence-electron chi connectivity index (χ1n) is 8.85. The number of benzene rings is 2. The number of hydrogen-bond acceptors (Lipinski definition) is 5. The highest BCUT2D eigenvalue weighted by molar-refractivity contribution is 6.06. The monoisotopic (exact) mass is 379 g/mol. The largest absolute Gasteiger partial charge is 0.497 e. The maximum absolute atomic E-state index is 12.6. The van der Waals surface area contributed by atoms with Crippen molar-refractivity contribution in [1.29, 1.82) is 0 Å². The fourth-order valence-electron chi connectivity index (χ4n) is 2.76. The quantitative estimate of drug-likeness (QED) is 0.501. The van der Waals surface area contributed by atoms with Gasteiger partial charge in [-0.2, -0.15) is 0 Å². The van der Waals surface area contributed by atoms with Crippen molar-refractivity contribution in [2.45, 2.75) is 13.8 Å². The van der Waals surface area contributed by atoms with Crippen LogP contribution < -0.4 is 10.1 Å². The summed E-state index contributed by atoms with van der Waals surface area (Å²) in [5.41, 5.74) is 2.82. The van der Waals surface area contributed by atoms with Gasteiger partial charge in [0.25, 0.3) is 5.91 Å². The molecule has 28 heavy (non-hydrogen) atoms. The van der Waals surface area contributed by atoms with E-state index in [-0.39, 0.29) is 11.7 Å². The highest BCUT2D eigenvalue weighted by Crippen LogP contribution is 2.29. The van der Waals surface area contributed by atoms with Crippen molar-refractivity contribution in [3.63, 3.8) is 0 Å². The second-order valence-corrected chi connectivity index (χ2v) is 6.08. The number of ether oxygens (including phenoxy) is 2. The summed E-state index contributed by atoms with van der Waals surface area (Å²) in [5.74, 6) is 0.240. The fourth-order valence-corrected chi connectivity index (χ4v) is 2.76. The van der Waals surface area contributed by atoms with Crippen molar-refractivity contribution in [1.82, 2.24) is 0 Å². The fraction of sp³-hybridized carbons (Fsp3) is 0.182. The average molecular weight is 379 g/mol. The van der Waals surface area contributed by atoms with E-state index >= 15 is 0 Å². The van der Waals surface area contributed by atoms with Crippen LogP contribution in [0.4, 0.5) is 5.69 Å². The summed E-state index contributed by atoms with van der Waals surface area (Å²) in [5, 5.41) is 3.66. The van der Waals surface area contributed by atoms with Crippen molar-refractivity contribution >= 4 is 34.6 Å². The molecule has 3 rings (SSSR count). The molecule has 0 saturated carbocycles. The van der Waals surface area contributed by atoms with E-state index in [1.807, 2.05) is 13.0 Å². The molecule has 0 bridgehead atoms. The molecule has 6 nitrogen and oxygen atoms in total. The van der Waals surface area contributed by atoms with Gasteiger partial charge in [0, 0.05) is 22.7 Å². The SMILES string of the molecule is CCOC(=O)/C=C/c1ccc(NC(=O)c2oc3ccc(OC)cc3c2C)cc1. The van der Waals surface area contributed by atoms with Gasteiger partial charge in [0.05, 0.1) is 13.7 Å². The Morgan fingerprint density at radius 2 is 1.89 bits per heavy atom. The minimum atomic E-state index is -0.392. The van der Waals surface area contributed by atoms with Crippen molar-refractivity contribution in [2.75, 3.05) is 19.0 Å². The summed E-state index contributed by atoms with van der Waals surface area (Å²) in [6.07, 6.45) is 3.02. The first kappa shape index (κ1) is 19.2. The molecule has 0 atom stereocenters. The highest BCUT2D eigenvalue weighted by atomic mass is 16.5. The minimum Gasteiger partial charge on any atom is -0.497 e. The Labute approximate surface area is 162 Å². The van der Waals surface area contributed by atoms with Crippen LogP contribution in [0.25, 0.3) is 17.0 Å². The zero-order valence-electron chi connectivity index (χ0n) is 15.9. The number of furan rings is 1. The lowest BCUT2D eigenvalue weighted by molar-refractivity contribution is -0.137. The number of carbonyl (C=O) groups is 2. The number of carbonyl (C=O) groups excluding carboxylic acids is 2. The van der Waals surface area contributed by atoms with E-state index in [4.69, 9.17) is 13.9 Å². The van der Waals surface area contributed by atoms with E-state index in [1.54, 1.807) is 56.5 Å². The van der Waals surface area contributed by atoms with Gasteiger partial charge >= 0.3 is 5.97 Å². The molecule has 1 heterocycles. The predicted octanol–water partition coefficient (Wildman–Crippen LogP) is 4.58. The standard InChI is InChI=1S/C22H21NO5/c1-4-27-20(24)12-7-15-5-8-16(9-6-15)23-22(25)21-14(2)18-13-17(26-3)10-11-19(18)28-21/h5-13H,4H2,1-3H3,(H,23,25)/b12-7+. The van der Waals surface area contributed by atoms with Crippen LogP contribution in [0, 0.1) is 6.92 Å². The third-order valence-corrected chi connectivity index (χ3v) is 4.22. The molecule has 0 spiro atoms. The van der Waals surface area contributed by atoms with Crippen molar-refractivity contribution in [3.05, 3.63) is 65.4 Å². The van der Waals surface area contributed by atoms with Crippen LogP contribution in [0.1, 0.15) is 28.6 Å². The number of fused-ring (bicyclic) bond motifs is 1. The van der Waals surface area contributed by atoms with E-state index in [1.165, 1.54) is 6.08 Å². The number of nitrogens with one attached hydrogen (secondary N) is 1. The summed E-state index contributed by atoms with van der Waals surface area (Å²) >= 11 is 0. The Morgan fingerprint density at radius 1 is 1.14 bits per heavy atom. The van der Waals surface area contributed by atoms with Crippen LogP contribution in [0.5, 0.6) is 5.75 Å². The van der Waals surface area contributed by atoms with Crippen LogP contribution in [0.15, 0.2) is 53.0 Å². The molecule has 0 saturated heterocycles. The van der Waals surface area contributed by atoms with Crippen LogP contribution in [-0.2, 0) is 9.53 Å². The van der Waals surface area contributed by atoms with Crippen LogP contribution in [0.3, 0.4) is 0 Å². The Morgan fingerprint density at radius 3 is 2.57 bits per heavy atom. The van der Waals surface area contributed by atoms with Gasteiger partial charge in [-0.15, -0.1) is 0 Å². The number of methoxy groups -OCH3 is 1. The van der Waals surface area contributed by atoms with Gasteiger partial charge in [-0.25, -0.2) is 4.79 Å². The second kappa shape index (κ2) is 8.43. The van der Waals surface area contributed by atoms with Gasteiger partial charge in [-0.05, 0) is 55.8 Å². The molecule has 6 heteroatoms. The van der Waals surface area contributed by atoms with Gasteiger partial charge in [0.1, 0.15) is 11.3 Å². The number of anilines is 1. The summed E-state index contributed by atoms with van der Waals surface area (Å²) in [6, 6.07) is 12.5. The van der Waals surface area contributed by atoms with Crippen LogP contribution in [-0.4, -0.2) is 25.6 Å². The Hall–Kier alpha value is -3.54. The number of hydrogen-bond donors (Lipinski definition) is 1. The highest BCUT2D eigenvalue weighted by Gasteiger charge is 2.18. The number of amides is 1. The van der Waals surface area contributed by atoms with Gasteiger partial charge in [-0.1, -0.05) is 12.1 Å². The Kier molecular flexibility index (Phi) is 5.79. The lowest BCUT2D eigenvalue weighted by atomic mass is 10.1. The van der Waals surface area contributed by atoms with E-state index in [0.717, 1.165) is 16.5 Å². The van der Waals surface area contributed by atoms with Crippen LogP contribution in [0.2, 0.25) is 0 Å². The molecular weight excluding hydrogens is 358 g/mol. The summed E-state index contributed by atoms with van der Waals surface area (Å²) in [7, 11) is 1.59. The number of rotatable bonds is 6. The zero-order chi connectivity index (χ0) is 20.1. The zero-order valence-corrected chi connectivity index (χ0v) is 15.9. The minimum absolute atomic E-state index is 0.259. The van der Waals surface area contributed by atoms with Gasteiger partial charge in [0.2, 0.25) is 0 Å². The smallest absolute Gasteiger partial charge is 0.330 e. The van der Waals surface area contributed by atoms with E-state index in [9.17, 15) is 9.59 Å². The van der Waals surface area contributed by atoms with Crippen LogP contribution >= 0.6 is 0 Å². The number of aryl methyl sites for hydroxylation is 1. The van der Waals surface area contributed by atoms with Crippen molar-refractivity contribution in [3.8, 4) is 5.75 Å². The first-order valence-corrected chi connectivity index (χ1v) is 8.85. The lowest BCUT2D eigenvalue weighted by Crippen LogP contribution is -2.12. The lowest BCUT2D eigenvalue weighted by Gasteiger charge is -2.04. The summed E-state index contributed by atoms with van der Waals surface area (Å²) in [4.78, 5) is 24.0. The molecule has 1 aromatic heterocycles. The first-order chi connectivity index (χ1) is 13.5. The third-order valence-electron chi connectivity index (χ3n) is 4.22. The number of esters is 1. The molecule has 144 valence electrons. The molecule has 0 radical (unpaired) electrons. The summed E-state index contributed by atoms with van der Waals surface area (Å²) < 4.78 is 15.8. The molecule has 3 aromatic rings. The van der Waals surface area contributed by atoms with Crippen molar-refractivity contribution in [2.24, 2.45) is 0 Å². The topological polar surface area (TPSA) is 77.8 Å². The molecule has 2 aromatic carbocycles. The molecule has 0 aliphatic rings. The van der Waals surface area contributed by atoms with E-state index in [2.05, 4.69) is 5.32 Å². The molecule has 0 fully saturated rings. The van der Waals surface area contributed by atoms with Gasteiger partial charge < -0.3 is 19.2 Å². The predicted molar refractivity (Wildman–Crippen MR) is 108 cm³/mol. The molecule has 0 aliphatic carbocycles. The van der Waals surface area contributed by atoms with Gasteiger partial charge in [-0.3, -0.25) is 4.79 Å². The molecular formula is C22H21NO5. The van der Waals surface area contributed by atoms with Gasteiger partial charge in [0.15, 0.2) is 5.76 Å². The maximum atomic E-state index is 12.6. The van der Waals surface area contributed by atoms with E-state index in [0.29, 0.717) is 23.6 Å². The molecule has 1 N–H and O–H groups in total. The normalized spacial score (nSPS) is 11.0. The molecule has 0 aliphatic heterocycles. The molecule has 0 unspecified atom stereocenters. The van der Waals surface area contributed by atoms with E-state index < -0.39 is 5.97 Å². The third kappa shape index (κ3) is 4.23. The Balaban J connectivity index is 1.73. The average Bonchev–Trinajstić information content (AvgIpc) is 3.04. The second-order valence-electron chi connectivity index (χ2n) is 6.08. The molecule has 1 amide bonds. The maximum Gasteiger partial charge on any atom is 0.330 e.